The summed E-state index contributed by atoms with van der Waals surface area (Å²) < 4.78 is 1.67. The van der Waals surface area contributed by atoms with E-state index in [0.29, 0.717) is 11.9 Å². The molecule has 1 saturated carbocycles. The molecule has 0 bridgehead atoms. The summed E-state index contributed by atoms with van der Waals surface area (Å²) in [6.07, 6.45) is 3.54. The average molecular weight is 274 g/mol. The van der Waals surface area contributed by atoms with E-state index in [1.807, 2.05) is 19.9 Å². The SMILES string of the molecule is Cc1cc(C)n(CC(=O)Nc2n[nH]c(C3CCC3)n2)n1. The van der Waals surface area contributed by atoms with Crippen molar-refractivity contribution in [2.24, 2.45) is 0 Å². The van der Waals surface area contributed by atoms with Crippen molar-refractivity contribution in [3.63, 3.8) is 0 Å². The van der Waals surface area contributed by atoms with Crippen molar-refractivity contribution in [3.05, 3.63) is 23.3 Å². The summed E-state index contributed by atoms with van der Waals surface area (Å²) in [7, 11) is 0. The maximum Gasteiger partial charge on any atom is 0.248 e. The Morgan fingerprint density at radius 3 is 2.90 bits per heavy atom. The molecule has 1 aliphatic carbocycles. The highest BCUT2D eigenvalue weighted by atomic mass is 16.2. The molecule has 2 heterocycles. The lowest BCUT2D eigenvalue weighted by Gasteiger charge is -2.22. The topological polar surface area (TPSA) is 88.5 Å². The van der Waals surface area contributed by atoms with Gasteiger partial charge in [-0.15, -0.1) is 5.10 Å². The van der Waals surface area contributed by atoms with E-state index in [9.17, 15) is 4.79 Å². The van der Waals surface area contributed by atoms with Gasteiger partial charge >= 0.3 is 0 Å². The first kappa shape index (κ1) is 12.8. The summed E-state index contributed by atoms with van der Waals surface area (Å²) in [6.45, 7) is 4.00. The Morgan fingerprint density at radius 2 is 2.30 bits per heavy atom. The number of hydrogen-bond donors (Lipinski definition) is 2. The zero-order valence-electron chi connectivity index (χ0n) is 11.7. The van der Waals surface area contributed by atoms with Crippen LogP contribution >= 0.6 is 0 Å². The zero-order chi connectivity index (χ0) is 14.1. The van der Waals surface area contributed by atoms with Gasteiger partial charge in [-0.05, 0) is 32.8 Å². The molecule has 0 aliphatic heterocycles. The van der Waals surface area contributed by atoms with Gasteiger partial charge in [0.05, 0.1) is 5.69 Å². The quantitative estimate of drug-likeness (QED) is 0.884. The van der Waals surface area contributed by atoms with E-state index >= 15 is 0 Å². The van der Waals surface area contributed by atoms with Gasteiger partial charge in [0.15, 0.2) is 0 Å². The Labute approximate surface area is 116 Å². The van der Waals surface area contributed by atoms with Crippen LogP contribution in [0, 0.1) is 13.8 Å². The number of amides is 1. The Balaban J connectivity index is 1.61. The normalized spacial score (nSPS) is 15.1. The zero-order valence-corrected chi connectivity index (χ0v) is 11.7. The fourth-order valence-corrected chi connectivity index (χ4v) is 2.33. The number of rotatable bonds is 4. The van der Waals surface area contributed by atoms with Crippen LogP contribution in [0.4, 0.5) is 5.95 Å². The van der Waals surface area contributed by atoms with Crippen LogP contribution in [0.3, 0.4) is 0 Å². The molecule has 0 saturated heterocycles. The molecular weight excluding hydrogens is 256 g/mol. The molecule has 0 radical (unpaired) electrons. The minimum Gasteiger partial charge on any atom is -0.292 e. The highest BCUT2D eigenvalue weighted by Gasteiger charge is 2.23. The predicted octanol–water partition coefficient (Wildman–Crippen LogP) is 1.52. The summed E-state index contributed by atoms with van der Waals surface area (Å²) in [5, 5.41) is 13.9. The van der Waals surface area contributed by atoms with Gasteiger partial charge in [0, 0.05) is 11.6 Å². The molecule has 2 aromatic heterocycles. The Morgan fingerprint density at radius 1 is 1.50 bits per heavy atom. The second-order valence-corrected chi connectivity index (χ2v) is 5.31. The lowest BCUT2D eigenvalue weighted by molar-refractivity contribution is -0.117. The monoisotopic (exact) mass is 274 g/mol. The summed E-state index contributed by atoms with van der Waals surface area (Å²) in [5.74, 6) is 1.52. The van der Waals surface area contributed by atoms with Crippen molar-refractivity contribution in [3.8, 4) is 0 Å². The highest BCUT2D eigenvalue weighted by molar-refractivity contribution is 5.88. The smallest absolute Gasteiger partial charge is 0.248 e. The largest absolute Gasteiger partial charge is 0.292 e. The third-order valence-corrected chi connectivity index (χ3v) is 3.64. The molecular formula is C13H18N6O. The molecule has 3 rings (SSSR count). The number of aromatic amines is 1. The highest BCUT2D eigenvalue weighted by Crippen LogP contribution is 2.34. The van der Waals surface area contributed by atoms with E-state index in [4.69, 9.17) is 0 Å². The molecule has 0 atom stereocenters. The lowest BCUT2D eigenvalue weighted by Crippen LogP contribution is -2.21. The number of hydrogen-bond acceptors (Lipinski definition) is 4. The van der Waals surface area contributed by atoms with Crippen molar-refractivity contribution in [2.75, 3.05) is 5.32 Å². The third kappa shape index (κ3) is 2.56. The molecule has 0 aromatic carbocycles. The van der Waals surface area contributed by atoms with Gasteiger partial charge in [0.25, 0.3) is 0 Å². The summed E-state index contributed by atoms with van der Waals surface area (Å²) in [4.78, 5) is 16.3. The molecule has 20 heavy (non-hydrogen) atoms. The van der Waals surface area contributed by atoms with E-state index in [1.54, 1.807) is 4.68 Å². The Bertz CT molecular complexity index is 625. The number of carbonyl (C=O) groups is 1. The Hall–Kier alpha value is -2.18. The van der Waals surface area contributed by atoms with E-state index < -0.39 is 0 Å². The minimum absolute atomic E-state index is 0.171. The molecule has 0 unspecified atom stereocenters. The molecule has 2 aromatic rings. The molecule has 2 N–H and O–H groups in total. The predicted molar refractivity (Wildman–Crippen MR) is 73.3 cm³/mol. The van der Waals surface area contributed by atoms with Gasteiger partial charge in [-0.2, -0.15) is 10.1 Å². The van der Waals surface area contributed by atoms with Crippen molar-refractivity contribution in [2.45, 2.75) is 45.6 Å². The first-order valence-corrected chi connectivity index (χ1v) is 6.85. The fraction of sp³-hybridized carbons (Fsp3) is 0.538. The van der Waals surface area contributed by atoms with Gasteiger partial charge in [0.1, 0.15) is 12.4 Å². The average Bonchev–Trinajstić information content (AvgIpc) is 2.85. The van der Waals surface area contributed by atoms with Crippen LogP contribution in [0.15, 0.2) is 6.07 Å². The van der Waals surface area contributed by atoms with E-state index in [-0.39, 0.29) is 12.5 Å². The van der Waals surface area contributed by atoms with Gasteiger partial charge in [0.2, 0.25) is 11.9 Å². The molecule has 7 heteroatoms. The molecule has 1 fully saturated rings. The standard InChI is InChI=1S/C13H18N6O/c1-8-6-9(2)19(18-8)7-11(20)14-13-15-12(16-17-13)10-4-3-5-10/h6,10H,3-5,7H2,1-2H3,(H2,14,15,16,17,20). The number of aromatic nitrogens is 5. The lowest BCUT2D eigenvalue weighted by atomic mass is 9.85. The fourth-order valence-electron chi connectivity index (χ4n) is 2.33. The molecule has 1 amide bonds. The number of nitrogens with zero attached hydrogens (tertiary/aromatic N) is 4. The van der Waals surface area contributed by atoms with Crippen molar-refractivity contribution < 1.29 is 4.79 Å². The van der Waals surface area contributed by atoms with Crippen molar-refractivity contribution in [1.29, 1.82) is 0 Å². The maximum atomic E-state index is 11.9. The van der Waals surface area contributed by atoms with E-state index in [0.717, 1.165) is 30.1 Å². The van der Waals surface area contributed by atoms with Crippen LogP contribution in [0.5, 0.6) is 0 Å². The van der Waals surface area contributed by atoms with Crippen LogP contribution in [-0.4, -0.2) is 30.9 Å². The number of anilines is 1. The number of nitrogens with one attached hydrogen (secondary N) is 2. The second-order valence-electron chi connectivity index (χ2n) is 5.31. The number of H-pyrrole nitrogens is 1. The van der Waals surface area contributed by atoms with Crippen LogP contribution in [0.25, 0.3) is 0 Å². The number of carbonyl (C=O) groups excluding carboxylic acids is 1. The van der Waals surface area contributed by atoms with Crippen LogP contribution in [-0.2, 0) is 11.3 Å². The Kier molecular flexibility index (Phi) is 3.25. The van der Waals surface area contributed by atoms with E-state index in [1.165, 1.54) is 6.42 Å². The summed E-state index contributed by atoms with van der Waals surface area (Å²) >= 11 is 0. The first-order valence-electron chi connectivity index (χ1n) is 6.85. The number of aryl methyl sites for hydroxylation is 2. The second kappa shape index (κ2) is 5.07. The van der Waals surface area contributed by atoms with Crippen LogP contribution in [0.2, 0.25) is 0 Å². The van der Waals surface area contributed by atoms with Crippen LogP contribution < -0.4 is 5.32 Å². The molecule has 7 nitrogen and oxygen atoms in total. The van der Waals surface area contributed by atoms with Crippen molar-refractivity contribution >= 4 is 11.9 Å². The maximum absolute atomic E-state index is 11.9. The van der Waals surface area contributed by atoms with Crippen LogP contribution in [0.1, 0.15) is 42.4 Å². The van der Waals surface area contributed by atoms with E-state index in [2.05, 4.69) is 25.6 Å². The van der Waals surface area contributed by atoms with Crippen molar-refractivity contribution in [1.82, 2.24) is 25.0 Å². The minimum atomic E-state index is -0.171. The molecule has 1 aliphatic rings. The summed E-state index contributed by atoms with van der Waals surface area (Å²) in [5.41, 5.74) is 1.86. The third-order valence-electron chi connectivity index (χ3n) is 3.64. The summed E-state index contributed by atoms with van der Waals surface area (Å²) in [6, 6.07) is 1.94. The van der Waals surface area contributed by atoms with Gasteiger partial charge in [-0.3, -0.25) is 19.9 Å². The van der Waals surface area contributed by atoms with Gasteiger partial charge < -0.3 is 0 Å². The molecule has 106 valence electrons. The van der Waals surface area contributed by atoms with Gasteiger partial charge in [-0.25, -0.2) is 0 Å². The first-order chi connectivity index (χ1) is 9.61. The van der Waals surface area contributed by atoms with Gasteiger partial charge in [-0.1, -0.05) is 6.42 Å². The molecule has 0 spiro atoms.